The lowest BCUT2D eigenvalue weighted by atomic mass is 10.0. The van der Waals surface area contributed by atoms with Gasteiger partial charge in [-0.3, -0.25) is 18.6 Å². The number of ether oxygens (including phenoxy) is 2. The zero-order valence-corrected chi connectivity index (χ0v) is 58.8. The third-order valence-corrected chi connectivity index (χ3v) is 17.2. The average molecular weight is 1260 g/mol. The minimum Gasteiger partial charge on any atom is -0.462 e. The van der Waals surface area contributed by atoms with Gasteiger partial charge in [-0.05, 0) is 83.5 Å². The van der Waals surface area contributed by atoms with Crippen LogP contribution in [-0.4, -0.2) is 49.3 Å². The topological polar surface area (TPSA) is 134 Å². The van der Waals surface area contributed by atoms with E-state index in [-0.39, 0.29) is 38.6 Å². The standard InChI is InChI=1S/C79H140NO8P/c1-3-5-7-9-11-13-15-17-19-21-23-25-27-29-31-32-33-34-35-36-37-38-39-40-41-42-43-44-46-48-50-52-54-56-58-60-62-64-66-68-70-72-79(82)88-77(76-87-89(83,84)86-74-73-80)75-85-78(81)71-69-67-65-63-61-59-57-55-53-51-49-47-45-30-28-26-24-22-20-18-16-14-12-10-8-6-4-2/h5,7,11,13,17,19,23,25,29,31,33-34,36-37,39-40,42-43,77H,3-4,6,8-10,12,14-16,18,20-22,24,26-28,30,32,35,38,41,44-76,80H2,1-2H3,(H,83,84)/b7-5-,13-11-,19-17-,25-23-,31-29-,34-33-,37-36-,40-39-,43-42-. The first-order valence-electron chi connectivity index (χ1n) is 37.4. The molecule has 0 heterocycles. The van der Waals surface area contributed by atoms with Crippen LogP contribution in [0.1, 0.15) is 348 Å². The molecular weight excluding hydrogens is 1120 g/mol. The fourth-order valence-electron chi connectivity index (χ4n) is 10.7. The summed E-state index contributed by atoms with van der Waals surface area (Å²) < 4.78 is 33.2. The maximum atomic E-state index is 12.8. The lowest BCUT2D eigenvalue weighted by molar-refractivity contribution is -0.161. The van der Waals surface area contributed by atoms with Crippen molar-refractivity contribution in [3.63, 3.8) is 0 Å². The molecule has 0 bridgehead atoms. The first-order valence-corrected chi connectivity index (χ1v) is 38.9. The first kappa shape index (κ1) is 85.7. The van der Waals surface area contributed by atoms with E-state index in [0.717, 1.165) is 96.3 Å². The smallest absolute Gasteiger partial charge is 0.462 e. The number of unbranched alkanes of at least 4 members (excludes halogenated alkanes) is 39. The van der Waals surface area contributed by atoms with Crippen molar-refractivity contribution >= 4 is 19.8 Å². The molecular formula is C79H140NO8P. The summed E-state index contributed by atoms with van der Waals surface area (Å²) in [5, 5.41) is 0. The van der Waals surface area contributed by atoms with E-state index in [4.69, 9.17) is 24.3 Å². The number of carbonyl (C=O) groups is 2. The SMILES string of the molecule is CC/C=C\C/C=C\C/C=C\C/C=C\C/C=C\C/C=C\C/C=C\C/C=C\C/C=C\CCCCCCCCCCCCCCCC(=O)OC(COC(=O)CCCCCCCCCCCCCCCCCCCCCCCCCCCCC)COP(=O)(O)OCCN. The molecule has 0 aromatic rings. The molecule has 0 radical (unpaired) electrons. The molecule has 514 valence electrons. The lowest BCUT2D eigenvalue weighted by Gasteiger charge is -2.19. The lowest BCUT2D eigenvalue weighted by Crippen LogP contribution is -2.29. The summed E-state index contributed by atoms with van der Waals surface area (Å²) in [6.45, 7) is 3.68. The van der Waals surface area contributed by atoms with Crippen molar-refractivity contribution in [3.8, 4) is 0 Å². The average Bonchev–Trinajstić information content (AvgIpc) is 3.58. The summed E-state index contributed by atoms with van der Waals surface area (Å²) >= 11 is 0. The number of phosphoric ester groups is 1. The van der Waals surface area contributed by atoms with Crippen molar-refractivity contribution in [2.24, 2.45) is 5.73 Å². The normalized spacial score (nSPS) is 13.5. The fourth-order valence-corrected chi connectivity index (χ4v) is 11.5. The van der Waals surface area contributed by atoms with Crippen molar-refractivity contribution in [2.75, 3.05) is 26.4 Å². The van der Waals surface area contributed by atoms with E-state index in [1.165, 1.54) is 218 Å². The van der Waals surface area contributed by atoms with Gasteiger partial charge >= 0.3 is 19.8 Å². The highest BCUT2D eigenvalue weighted by Gasteiger charge is 2.26. The molecule has 0 aromatic heterocycles. The third-order valence-electron chi connectivity index (χ3n) is 16.2. The maximum absolute atomic E-state index is 12.8. The van der Waals surface area contributed by atoms with Crippen LogP contribution in [0, 0.1) is 0 Å². The van der Waals surface area contributed by atoms with Gasteiger partial charge in [-0.15, -0.1) is 0 Å². The van der Waals surface area contributed by atoms with Crippen LogP contribution in [0.15, 0.2) is 109 Å². The molecule has 10 heteroatoms. The molecule has 3 N–H and O–H groups in total. The van der Waals surface area contributed by atoms with Crippen molar-refractivity contribution < 1.29 is 37.6 Å². The van der Waals surface area contributed by atoms with E-state index >= 15 is 0 Å². The number of carbonyl (C=O) groups excluding carboxylic acids is 2. The molecule has 0 aliphatic carbocycles. The van der Waals surface area contributed by atoms with Crippen molar-refractivity contribution in [1.29, 1.82) is 0 Å². The molecule has 0 amide bonds. The number of esters is 2. The molecule has 0 aliphatic heterocycles. The highest BCUT2D eigenvalue weighted by molar-refractivity contribution is 7.47. The Labute approximate surface area is 549 Å². The van der Waals surface area contributed by atoms with E-state index < -0.39 is 26.5 Å². The highest BCUT2D eigenvalue weighted by atomic mass is 31.2. The number of rotatable bonds is 70. The molecule has 89 heavy (non-hydrogen) atoms. The van der Waals surface area contributed by atoms with Crippen LogP contribution in [0.25, 0.3) is 0 Å². The first-order chi connectivity index (χ1) is 43.8. The monoisotopic (exact) mass is 1260 g/mol. The third kappa shape index (κ3) is 73.6. The van der Waals surface area contributed by atoms with Gasteiger partial charge < -0.3 is 20.1 Å². The van der Waals surface area contributed by atoms with Gasteiger partial charge in [0.2, 0.25) is 0 Å². The van der Waals surface area contributed by atoms with Crippen LogP contribution in [0.5, 0.6) is 0 Å². The summed E-state index contributed by atoms with van der Waals surface area (Å²) in [7, 11) is -4.40. The van der Waals surface area contributed by atoms with Gasteiger partial charge in [-0.2, -0.15) is 0 Å². The van der Waals surface area contributed by atoms with Crippen molar-refractivity contribution in [2.45, 2.75) is 354 Å². The second kappa shape index (κ2) is 73.7. The Bertz CT molecular complexity index is 1830. The Morgan fingerprint density at radius 2 is 0.618 bits per heavy atom. The Hall–Kier alpha value is -3.33. The quantitative estimate of drug-likeness (QED) is 0.0264. The summed E-state index contributed by atoms with van der Waals surface area (Å²) in [6, 6.07) is 0. The molecule has 0 saturated heterocycles. The van der Waals surface area contributed by atoms with Crippen LogP contribution >= 0.6 is 7.82 Å². The van der Waals surface area contributed by atoms with Crippen LogP contribution in [0.3, 0.4) is 0 Å². The second-order valence-corrected chi connectivity index (χ2v) is 26.2. The van der Waals surface area contributed by atoms with E-state index in [1.807, 2.05) is 0 Å². The number of hydrogen-bond acceptors (Lipinski definition) is 8. The van der Waals surface area contributed by atoms with E-state index in [2.05, 4.69) is 123 Å². The summed E-state index contributed by atoms with van der Waals surface area (Å²) in [5.41, 5.74) is 5.41. The Kier molecular flexibility index (Phi) is 71.0. The van der Waals surface area contributed by atoms with Gasteiger partial charge in [-0.25, -0.2) is 4.57 Å². The van der Waals surface area contributed by atoms with Gasteiger partial charge in [0.1, 0.15) is 6.61 Å². The molecule has 0 aliphatic rings. The molecule has 0 saturated carbocycles. The van der Waals surface area contributed by atoms with E-state index in [9.17, 15) is 19.0 Å². The van der Waals surface area contributed by atoms with Crippen LogP contribution in [0.2, 0.25) is 0 Å². The van der Waals surface area contributed by atoms with Crippen LogP contribution in [-0.2, 0) is 32.7 Å². The van der Waals surface area contributed by atoms with Crippen molar-refractivity contribution in [3.05, 3.63) is 109 Å². The number of hydrogen-bond donors (Lipinski definition) is 2. The molecule has 9 nitrogen and oxygen atoms in total. The zero-order chi connectivity index (χ0) is 64.4. The highest BCUT2D eigenvalue weighted by Crippen LogP contribution is 2.43. The number of phosphoric acid groups is 1. The summed E-state index contributed by atoms with van der Waals surface area (Å²) in [5.74, 6) is -0.816. The summed E-state index contributed by atoms with van der Waals surface area (Å²) in [4.78, 5) is 35.4. The summed E-state index contributed by atoms with van der Waals surface area (Å²) in [6.07, 6.45) is 102. The number of nitrogens with two attached hydrogens (primary N) is 1. The van der Waals surface area contributed by atoms with Crippen LogP contribution < -0.4 is 5.73 Å². The van der Waals surface area contributed by atoms with E-state index in [1.54, 1.807) is 0 Å². The van der Waals surface area contributed by atoms with Gasteiger partial charge in [-0.1, -0.05) is 361 Å². The Balaban J connectivity index is 3.86. The fraction of sp³-hybridized carbons (Fsp3) is 0.747. The predicted octanol–water partition coefficient (Wildman–Crippen LogP) is 24.9. The minimum absolute atomic E-state index is 0.0516. The van der Waals surface area contributed by atoms with E-state index in [0.29, 0.717) is 6.42 Å². The van der Waals surface area contributed by atoms with Crippen molar-refractivity contribution in [1.82, 2.24) is 0 Å². The zero-order valence-electron chi connectivity index (χ0n) is 57.9. The van der Waals surface area contributed by atoms with Gasteiger partial charge in [0.25, 0.3) is 0 Å². The molecule has 0 rings (SSSR count). The maximum Gasteiger partial charge on any atom is 0.472 e. The largest absolute Gasteiger partial charge is 0.472 e. The minimum atomic E-state index is -4.40. The Morgan fingerprint density at radius 3 is 0.921 bits per heavy atom. The molecule has 0 fully saturated rings. The number of allylic oxidation sites excluding steroid dienone is 18. The van der Waals surface area contributed by atoms with Gasteiger partial charge in [0, 0.05) is 19.4 Å². The Morgan fingerprint density at radius 1 is 0.348 bits per heavy atom. The molecule has 0 spiro atoms. The molecule has 0 aromatic carbocycles. The second-order valence-electron chi connectivity index (χ2n) is 24.8. The molecule has 2 atom stereocenters. The predicted molar refractivity (Wildman–Crippen MR) is 385 cm³/mol. The van der Waals surface area contributed by atoms with Crippen LogP contribution in [0.4, 0.5) is 0 Å². The van der Waals surface area contributed by atoms with Gasteiger partial charge in [0.05, 0.1) is 13.2 Å². The van der Waals surface area contributed by atoms with Gasteiger partial charge in [0.15, 0.2) is 6.10 Å². The molecule has 2 unspecified atom stereocenters.